The lowest BCUT2D eigenvalue weighted by atomic mass is 9.79. The predicted molar refractivity (Wildman–Crippen MR) is 120 cm³/mol. The lowest BCUT2D eigenvalue weighted by Crippen LogP contribution is -2.51. The number of carbonyl (C=O) groups excluding carboxylic acids is 1. The quantitative estimate of drug-likeness (QED) is 0.705. The Hall–Kier alpha value is -1.81. The number of hydrogen-bond donors (Lipinski definition) is 2. The van der Waals surface area contributed by atoms with E-state index < -0.39 is 0 Å². The number of anilines is 1. The fourth-order valence-corrected chi connectivity index (χ4v) is 5.65. The van der Waals surface area contributed by atoms with Gasteiger partial charge in [-0.3, -0.25) is 10.2 Å². The highest BCUT2D eigenvalue weighted by Gasteiger charge is 2.42. The van der Waals surface area contributed by atoms with Crippen molar-refractivity contribution in [1.29, 1.82) is 0 Å². The van der Waals surface area contributed by atoms with Crippen LogP contribution in [-0.2, 0) is 14.3 Å². The molecular formula is C23H36N6O3. The first-order valence-electron chi connectivity index (χ1n) is 12.2. The first-order valence-corrected chi connectivity index (χ1v) is 12.2. The van der Waals surface area contributed by atoms with Gasteiger partial charge in [-0.05, 0) is 46.0 Å². The van der Waals surface area contributed by atoms with Crippen LogP contribution in [0.15, 0.2) is 12.4 Å². The summed E-state index contributed by atoms with van der Waals surface area (Å²) in [6, 6.07) is 2.73. The van der Waals surface area contributed by atoms with Crippen molar-refractivity contribution in [1.82, 2.24) is 25.7 Å². The van der Waals surface area contributed by atoms with Crippen molar-refractivity contribution in [2.75, 3.05) is 37.7 Å². The second-order valence-electron chi connectivity index (χ2n) is 9.77. The van der Waals surface area contributed by atoms with Crippen LogP contribution in [0.3, 0.4) is 0 Å². The van der Waals surface area contributed by atoms with Crippen LogP contribution in [0.2, 0.25) is 0 Å². The van der Waals surface area contributed by atoms with E-state index in [0.29, 0.717) is 37.8 Å². The summed E-state index contributed by atoms with van der Waals surface area (Å²) in [6.07, 6.45) is 7.10. The maximum absolute atomic E-state index is 12.6. The number of aromatic nitrogens is 2. The second-order valence-corrected chi connectivity index (χ2v) is 9.77. The number of fused-ring (bicyclic) bond motifs is 1. The molecule has 5 rings (SSSR count). The SMILES string of the molecule is CC(C)OC1CCC2NNC(c3cc(N4CCN(C(=O)C5CCCO5)CC4)ncn3)C2C1. The molecule has 4 aliphatic rings. The van der Waals surface area contributed by atoms with Gasteiger partial charge >= 0.3 is 0 Å². The zero-order valence-corrected chi connectivity index (χ0v) is 19.2. The third kappa shape index (κ3) is 4.62. The van der Waals surface area contributed by atoms with Crippen molar-refractivity contribution < 1.29 is 14.3 Å². The Labute approximate surface area is 190 Å². The molecule has 5 unspecified atom stereocenters. The molecule has 5 atom stereocenters. The molecule has 9 nitrogen and oxygen atoms in total. The number of amides is 1. The largest absolute Gasteiger partial charge is 0.376 e. The van der Waals surface area contributed by atoms with E-state index in [9.17, 15) is 4.79 Å². The number of rotatable bonds is 5. The van der Waals surface area contributed by atoms with Gasteiger partial charge in [0.2, 0.25) is 0 Å². The lowest BCUT2D eigenvalue weighted by Gasteiger charge is -2.36. The van der Waals surface area contributed by atoms with Gasteiger partial charge in [-0.15, -0.1) is 0 Å². The van der Waals surface area contributed by atoms with Crippen LogP contribution in [0.1, 0.15) is 57.7 Å². The highest BCUT2D eigenvalue weighted by Crippen LogP contribution is 2.39. The minimum atomic E-state index is -0.236. The molecule has 9 heteroatoms. The van der Waals surface area contributed by atoms with Crippen molar-refractivity contribution in [2.45, 2.75) is 76.3 Å². The monoisotopic (exact) mass is 444 g/mol. The van der Waals surface area contributed by atoms with Crippen molar-refractivity contribution in [3.05, 3.63) is 18.1 Å². The summed E-state index contributed by atoms with van der Waals surface area (Å²) in [5.74, 6) is 1.54. The number of ether oxygens (including phenoxy) is 2. The van der Waals surface area contributed by atoms with E-state index in [-0.39, 0.29) is 24.2 Å². The van der Waals surface area contributed by atoms with Crippen molar-refractivity contribution >= 4 is 11.7 Å². The van der Waals surface area contributed by atoms with E-state index in [1.54, 1.807) is 6.33 Å². The highest BCUT2D eigenvalue weighted by atomic mass is 16.5. The van der Waals surface area contributed by atoms with Crippen LogP contribution >= 0.6 is 0 Å². The maximum Gasteiger partial charge on any atom is 0.251 e. The van der Waals surface area contributed by atoms with Crippen LogP contribution in [-0.4, -0.2) is 77.9 Å². The van der Waals surface area contributed by atoms with Gasteiger partial charge in [-0.2, -0.15) is 0 Å². The van der Waals surface area contributed by atoms with E-state index in [1.165, 1.54) is 0 Å². The Balaban J connectivity index is 1.22. The Morgan fingerprint density at radius 2 is 2.00 bits per heavy atom. The van der Waals surface area contributed by atoms with E-state index in [2.05, 4.69) is 45.6 Å². The Kier molecular flexibility index (Phi) is 6.59. The summed E-state index contributed by atoms with van der Waals surface area (Å²) < 4.78 is 11.7. The van der Waals surface area contributed by atoms with E-state index in [4.69, 9.17) is 9.47 Å². The number of carbonyl (C=O) groups is 1. The van der Waals surface area contributed by atoms with Gasteiger partial charge in [0.15, 0.2) is 0 Å². The van der Waals surface area contributed by atoms with Crippen LogP contribution in [0.4, 0.5) is 5.82 Å². The first-order chi connectivity index (χ1) is 15.6. The Bertz CT molecular complexity index is 794. The molecule has 0 bridgehead atoms. The number of nitrogens with one attached hydrogen (secondary N) is 2. The van der Waals surface area contributed by atoms with Gasteiger partial charge < -0.3 is 19.3 Å². The molecule has 1 aliphatic carbocycles. The summed E-state index contributed by atoms with van der Waals surface area (Å²) in [6.45, 7) is 7.90. The first kappa shape index (κ1) is 22.0. The van der Waals surface area contributed by atoms with Gasteiger partial charge in [0.05, 0.1) is 23.9 Å². The number of hydrogen-bond acceptors (Lipinski definition) is 8. The van der Waals surface area contributed by atoms with Crippen molar-refractivity contribution in [3.8, 4) is 0 Å². The molecule has 176 valence electrons. The molecule has 32 heavy (non-hydrogen) atoms. The van der Waals surface area contributed by atoms with Gasteiger partial charge in [0, 0.05) is 50.8 Å². The van der Waals surface area contributed by atoms with Crippen LogP contribution in [0.25, 0.3) is 0 Å². The molecule has 1 amide bonds. The minimum Gasteiger partial charge on any atom is -0.376 e. The molecule has 4 heterocycles. The molecule has 0 spiro atoms. The van der Waals surface area contributed by atoms with Crippen LogP contribution in [0.5, 0.6) is 0 Å². The fraction of sp³-hybridized carbons (Fsp3) is 0.783. The number of nitrogens with zero attached hydrogens (tertiary/aromatic N) is 4. The standard InChI is InChI=1S/C23H36N6O3/c1-15(2)32-16-5-6-18-17(12-16)22(27-26-18)19-13-21(25-14-24-19)28-7-9-29(10-8-28)23(30)20-4-3-11-31-20/h13-18,20,22,26-27H,3-12H2,1-2H3. The molecule has 1 saturated carbocycles. The van der Waals surface area contributed by atoms with Crippen molar-refractivity contribution in [3.63, 3.8) is 0 Å². The zero-order valence-electron chi connectivity index (χ0n) is 19.2. The summed E-state index contributed by atoms with van der Waals surface area (Å²) >= 11 is 0. The molecule has 3 aliphatic heterocycles. The van der Waals surface area contributed by atoms with E-state index in [0.717, 1.165) is 56.7 Å². The zero-order chi connectivity index (χ0) is 22.1. The van der Waals surface area contributed by atoms with E-state index in [1.807, 2.05) is 4.90 Å². The molecule has 4 fully saturated rings. The van der Waals surface area contributed by atoms with Gasteiger partial charge in [0.1, 0.15) is 18.2 Å². The lowest BCUT2D eigenvalue weighted by molar-refractivity contribution is -0.141. The molecular weight excluding hydrogens is 408 g/mol. The summed E-state index contributed by atoms with van der Waals surface area (Å²) in [5.41, 5.74) is 8.01. The molecule has 3 saturated heterocycles. The highest BCUT2D eigenvalue weighted by molar-refractivity contribution is 5.81. The minimum absolute atomic E-state index is 0.147. The van der Waals surface area contributed by atoms with Gasteiger partial charge in [-0.1, -0.05) is 0 Å². The normalized spacial score (nSPS) is 33.0. The second kappa shape index (κ2) is 9.59. The Morgan fingerprint density at radius 1 is 1.16 bits per heavy atom. The predicted octanol–water partition coefficient (Wildman–Crippen LogP) is 1.42. The molecule has 1 aromatic rings. The molecule has 0 aromatic carbocycles. The third-order valence-corrected chi connectivity index (χ3v) is 7.28. The van der Waals surface area contributed by atoms with Crippen LogP contribution in [0, 0.1) is 5.92 Å². The van der Waals surface area contributed by atoms with Crippen molar-refractivity contribution in [2.24, 2.45) is 5.92 Å². The summed E-state index contributed by atoms with van der Waals surface area (Å²) in [7, 11) is 0. The van der Waals surface area contributed by atoms with E-state index >= 15 is 0 Å². The maximum atomic E-state index is 12.6. The third-order valence-electron chi connectivity index (χ3n) is 7.28. The van der Waals surface area contributed by atoms with Gasteiger partial charge in [0.25, 0.3) is 5.91 Å². The van der Waals surface area contributed by atoms with Gasteiger partial charge in [-0.25, -0.2) is 15.4 Å². The number of hydrazine groups is 1. The average Bonchev–Trinajstić information content (AvgIpc) is 3.49. The smallest absolute Gasteiger partial charge is 0.251 e. The Morgan fingerprint density at radius 3 is 2.75 bits per heavy atom. The fourth-order valence-electron chi connectivity index (χ4n) is 5.65. The molecule has 0 radical (unpaired) electrons. The molecule has 1 aromatic heterocycles. The summed E-state index contributed by atoms with van der Waals surface area (Å²) in [4.78, 5) is 26.0. The summed E-state index contributed by atoms with van der Waals surface area (Å²) in [5, 5.41) is 0. The average molecular weight is 445 g/mol. The number of piperazine rings is 1. The molecule has 2 N–H and O–H groups in total. The topological polar surface area (TPSA) is 91.9 Å². The van der Waals surface area contributed by atoms with Crippen LogP contribution < -0.4 is 15.8 Å².